The molecule has 0 aliphatic rings. The van der Waals surface area contributed by atoms with E-state index in [-0.39, 0.29) is 6.15 Å². The van der Waals surface area contributed by atoms with Crippen molar-refractivity contribution in [1.82, 2.24) is 6.15 Å². The Kier molecular flexibility index (Phi) is 4.48. The van der Waals surface area contributed by atoms with Crippen molar-refractivity contribution >= 4 is 46.4 Å². The fraction of sp³-hybridized carbons (Fsp3) is 0.154. The average molecular weight is 358 g/mol. The zero-order valence-corrected chi connectivity index (χ0v) is 13.3. The second-order valence-electron chi connectivity index (χ2n) is 3.95. The van der Waals surface area contributed by atoms with Crippen LogP contribution in [0.5, 0.6) is 5.75 Å². The lowest BCUT2D eigenvalue weighted by Gasteiger charge is -2.09. The standard InChI is InChI=1S/C13H10BrO4P.H3N/c1-19-6-17-13-11-8(4-5-16-11)10(14)7-2-3-9(15)18-12(7)13;/h2-5,19H,6H2,1H3;1H3. The van der Waals surface area contributed by atoms with Gasteiger partial charge in [-0.1, -0.05) is 8.58 Å². The van der Waals surface area contributed by atoms with E-state index in [1.54, 1.807) is 12.3 Å². The molecule has 106 valence electrons. The number of ether oxygens (including phenoxy) is 1. The van der Waals surface area contributed by atoms with Crippen LogP contribution in [0.3, 0.4) is 0 Å². The van der Waals surface area contributed by atoms with Gasteiger partial charge in [0.05, 0.1) is 6.26 Å². The van der Waals surface area contributed by atoms with Gasteiger partial charge in [-0.05, 0) is 34.7 Å². The van der Waals surface area contributed by atoms with Crippen LogP contribution < -0.4 is 16.5 Å². The van der Waals surface area contributed by atoms with Crippen molar-refractivity contribution in [3.05, 3.63) is 39.4 Å². The SMILES string of the molecule is CPCOc1c2occc2c(Br)c2ccc(=O)oc12.N. The summed E-state index contributed by atoms with van der Waals surface area (Å²) in [4.78, 5) is 11.4. The van der Waals surface area contributed by atoms with Crippen LogP contribution in [0.15, 0.2) is 42.6 Å². The van der Waals surface area contributed by atoms with Crippen LogP contribution in [0.2, 0.25) is 0 Å². The third kappa shape index (κ3) is 2.35. The Morgan fingerprint density at radius 2 is 2.00 bits per heavy atom. The summed E-state index contributed by atoms with van der Waals surface area (Å²) in [5.41, 5.74) is 0.598. The summed E-state index contributed by atoms with van der Waals surface area (Å²) >= 11 is 3.51. The van der Waals surface area contributed by atoms with E-state index in [4.69, 9.17) is 13.6 Å². The number of fused-ring (bicyclic) bond motifs is 2. The summed E-state index contributed by atoms with van der Waals surface area (Å²) in [6.45, 7) is 2.04. The maximum Gasteiger partial charge on any atom is 0.336 e. The van der Waals surface area contributed by atoms with Crippen molar-refractivity contribution in [3.63, 3.8) is 0 Å². The zero-order chi connectivity index (χ0) is 13.4. The lowest BCUT2D eigenvalue weighted by Crippen LogP contribution is -1.98. The summed E-state index contributed by atoms with van der Waals surface area (Å²) in [6.07, 6.45) is 2.15. The minimum Gasteiger partial charge on any atom is -0.482 e. The van der Waals surface area contributed by atoms with E-state index in [1.807, 2.05) is 12.7 Å². The molecule has 20 heavy (non-hydrogen) atoms. The lowest BCUT2D eigenvalue weighted by atomic mass is 10.1. The van der Waals surface area contributed by atoms with E-state index < -0.39 is 5.63 Å². The van der Waals surface area contributed by atoms with Gasteiger partial charge in [0.2, 0.25) is 5.75 Å². The molecule has 0 fully saturated rings. The summed E-state index contributed by atoms with van der Waals surface area (Å²) in [5.74, 6) is 0.491. The molecule has 2 aromatic heterocycles. The summed E-state index contributed by atoms with van der Waals surface area (Å²) in [5, 5.41) is 1.69. The highest BCUT2D eigenvalue weighted by molar-refractivity contribution is 9.10. The first-order chi connectivity index (χ1) is 9.22. The second-order valence-corrected chi connectivity index (χ2v) is 5.73. The zero-order valence-electron chi connectivity index (χ0n) is 10.7. The van der Waals surface area contributed by atoms with Gasteiger partial charge in [0.25, 0.3) is 0 Å². The molecule has 0 aliphatic carbocycles. The van der Waals surface area contributed by atoms with Gasteiger partial charge in [-0.15, -0.1) is 0 Å². The lowest BCUT2D eigenvalue weighted by molar-refractivity contribution is 0.382. The van der Waals surface area contributed by atoms with Gasteiger partial charge in [-0.3, -0.25) is 0 Å². The average Bonchev–Trinajstić information content (AvgIpc) is 2.88. The van der Waals surface area contributed by atoms with Crippen LogP contribution in [0, 0.1) is 0 Å². The molecule has 0 amide bonds. The molecule has 1 unspecified atom stereocenters. The molecular formula is C13H13BrNO4P. The van der Waals surface area contributed by atoms with E-state index in [0.29, 0.717) is 31.8 Å². The minimum absolute atomic E-state index is 0. The Hall–Kier alpha value is -1.36. The largest absolute Gasteiger partial charge is 0.482 e. The molecule has 0 saturated heterocycles. The van der Waals surface area contributed by atoms with E-state index in [9.17, 15) is 4.79 Å². The first kappa shape index (κ1) is 15.0. The Balaban J connectivity index is 0.00000147. The highest BCUT2D eigenvalue weighted by Gasteiger charge is 2.18. The molecule has 5 nitrogen and oxygen atoms in total. The summed E-state index contributed by atoms with van der Waals surface area (Å²) < 4.78 is 17.3. The van der Waals surface area contributed by atoms with Crippen LogP contribution in [0.4, 0.5) is 0 Å². The fourth-order valence-corrected chi connectivity index (χ4v) is 2.85. The fourth-order valence-electron chi connectivity index (χ4n) is 1.94. The second kappa shape index (κ2) is 5.95. The minimum atomic E-state index is -0.408. The molecule has 3 rings (SSSR count). The maximum atomic E-state index is 11.4. The van der Waals surface area contributed by atoms with Crippen molar-refractivity contribution < 1.29 is 13.6 Å². The molecule has 7 heteroatoms. The van der Waals surface area contributed by atoms with Gasteiger partial charge in [-0.25, -0.2) is 4.79 Å². The van der Waals surface area contributed by atoms with Crippen LogP contribution in [0.25, 0.3) is 21.9 Å². The van der Waals surface area contributed by atoms with Crippen LogP contribution in [-0.2, 0) is 0 Å². The molecule has 0 radical (unpaired) electrons. The van der Waals surface area contributed by atoms with Crippen molar-refractivity contribution in [2.24, 2.45) is 0 Å². The Labute approximate surface area is 124 Å². The number of hydrogen-bond donors (Lipinski definition) is 1. The van der Waals surface area contributed by atoms with Gasteiger partial charge in [0, 0.05) is 21.3 Å². The van der Waals surface area contributed by atoms with E-state index >= 15 is 0 Å². The van der Waals surface area contributed by atoms with E-state index in [1.165, 1.54) is 6.07 Å². The topological polar surface area (TPSA) is 87.6 Å². The quantitative estimate of drug-likeness (QED) is 0.562. The number of benzene rings is 1. The monoisotopic (exact) mass is 357 g/mol. The predicted octanol–water partition coefficient (Wildman–Crippen LogP) is 4.11. The van der Waals surface area contributed by atoms with Gasteiger partial charge in [0.1, 0.15) is 6.35 Å². The maximum absolute atomic E-state index is 11.4. The first-order valence-corrected chi connectivity index (χ1v) is 8.12. The highest BCUT2D eigenvalue weighted by Crippen LogP contribution is 2.41. The van der Waals surface area contributed by atoms with Crippen molar-refractivity contribution in [3.8, 4) is 5.75 Å². The van der Waals surface area contributed by atoms with Crippen LogP contribution in [0.1, 0.15) is 0 Å². The van der Waals surface area contributed by atoms with Crippen LogP contribution in [-0.4, -0.2) is 13.0 Å². The smallest absolute Gasteiger partial charge is 0.336 e. The third-order valence-corrected chi connectivity index (χ3v) is 4.03. The summed E-state index contributed by atoms with van der Waals surface area (Å²) in [7, 11) is 0.634. The first-order valence-electron chi connectivity index (χ1n) is 5.62. The molecule has 0 spiro atoms. The molecule has 3 aromatic rings. The molecule has 0 saturated carbocycles. The molecule has 0 bridgehead atoms. The van der Waals surface area contributed by atoms with Gasteiger partial charge >= 0.3 is 5.63 Å². The molecule has 3 N–H and O–H groups in total. The number of rotatable bonds is 3. The normalized spacial score (nSPS) is 11.3. The van der Waals surface area contributed by atoms with Gasteiger partial charge in [-0.2, -0.15) is 0 Å². The predicted molar refractivity (Wildman–Crippen MR) is 84.7 cm³/mol. The molecule has 1 aromatic carbocycles. The Morgan fingerprint density at radius 1 is 1.25 bits per heavy atom. The number of hydrogen-bond acceptors (Lipinski definition) is 5. The molecular weight excluding hydrogens is 345 g/mol. The van der Waals surface area contributed by atoms with Gasteiger partial charge in [0.15, 0.2) is 11.2 Å². The van der Waals surface area contributed by atoms with Crippen LogP contribution >= 0.6 is 24.5 Å². The van der Waals surface area contributed by atoms with Crippen molar-refractivity contribution in [2.75, 3.05) is 13.0 Å². The van der Waals surface area contributed by atoms with Crippen molar-refractivity contribution in [1.29, 1.82) is 0 Å². The molecule has 2 heterocycles. The number of furan rings is 1. The van der Waals surface area contributed by atoms with E-state index in [2.05, 4.69) is 15.9 Å². The Morgan fingerprint density at radius 3 is 2.75 bits per heavy atom. The third-order valence-electron chi connectivity index (χ3n) is 2.74. The Bertz CT molecular complexity index is 811. The molecule has 1 atom stereocenters. The van der Waals surface area contributed by atoms with Gasteiger partial charge < -0.3 is 19.7 Å². The summed E-state index contributed by atoms with van der Waals surface area (Å²) in [6, 6.07) is 4.97. The number of halogens is 1. The van der Waals surface area contributed by atoms with E-state index in [0.717, 1.165) is 15.2 Å². The highest BCUT2D eigenvalue weighted by atomic mass is 79.9. The van der Waals surface area contributed by atoms with Crippen molar-refractivity contribution in [2.45, 2.75) is 0 Å². The molecule has 0 aliphatic heterocycles.